The number of nitrogens with zero attached hydrogens (tertiary/aromatic N) is 2. The maximum Gasteiger partial charge on any atom is 0.251 e. The van der Waals surface area contributed by atoms with Crippen LogP contribution in [0.5, 0.6) is 17.2 Å². The van der Waals surface area contributed by atoms with E-state index in [2.05, 4.69) is 41.9 Å². The van der Waals surface area contributed by atoms with E-state index in [1.807, 2.05) is 37.3 Å². The maximum absolute atomic E-state index is 13.1. The smallest absolute Gasteiger partial charge is 0.251 e. The van der Waals surface area contributed by atoms with Gasteiger partial charge in [0, 0.05) is 12.1 Å². The molecule has 1 heterocycles. The number of hydrogen-bond donors (Lipinski definition) is 1. The summed E-state index contributed by atoms with van der Waals surface area (Å²) in [5, 5.41) is 3.09. The number of amides is 1. The van der Waals surface area contributed by atoms with Gasteiger partial charge in [0.1, 0.15) is 11.6 Å². The van der Waals surface area contributed by atoms with Crippen LogP contribution in [0.15, 0.2) is 66.7 Å². The molecule has 0 bridgehead atoms. The van der Waals surface area contributed by atoms with Crippen LogP contribution >= 0.6 is 0 Å². The Labute approximate surface area is 224 Å². The minimum Gasteiger partial charge on any atom is -0.494 e. The van der Waals surface area contributed by atoms with Gasteiger partial charge in [-0.15, -0.1) is 0 Å². The molecule has 0 saturated carbocycles. The molecule has 0 fully saturated rings. The van der Waals surface area contributed by atoms with Crippen molar-refractivity contribution in [1.29, 1.82) is 0 Å². The van der Waals surface area contributed by atoms with E-state index in [0.29, 0.717) is 29.6 Å². The molecule has 1 aromatic heterocycles. The highest BCUT2D eigenvalue weighted by molar-refractivity contribution is 5.95. The summed E-state index contributed by atoms with van der Waals surface area (Å²) in [5.74, 6) is 3.12. The Hall–Kier alpha value is -4.00. The predicted octanol–water partition coefficient (Wildman–Crippen LogP) is 6.53. The number of hydrogen-bond acceptors (Lipinski definition) is 5. The van der Waals surface area contributed by atoms with Crippen molar-refractivity contribution in [3.8, 4) is 17.2 Å². The highest BCUT2D eigenvalue weighted by atomic mass is 16.5. The molecule has 1 atom stereocenters. The topological polar surface area (TPSA) is 74.6 Å². The molecule has 3 aromatic carbocycles. The van der Waals surface area contributed by atoms with E-state index in [0.717, 1.165) is 42.0 Å². The zero-order chi connectivity index (χ0) is 27.1. The second-order valence-corrected chi connectivity index (χ2v) is 9.65. The third kappa shape index (κ3) is 6.28. The number of unbranched alkanes of at least 4 members (excludes halogenated alkanes) is 1. The van der Waals surface area contributed by atoms with Crippen LogP contribution in [0.2, 0.25) is 0 Å². The fourth-order valence-corrected chi connectivity index (χ4v) is 4.49. The molecule has 7 heteroatoms. The van der Waals surface area contributed by atoms with Crippen molar-refractivity contribution in [2.24, 2.45) is 0 Å². The van der Waals surface area contributed by atoms with Gasteiger partial charge in [0.05, 0.1) is 37.9 Å². The van der Waals surface area contributed by atoms with Crippen molar-refractivity contribution in [2.75, 3.05) is 20.8 Å². The molecule has 0 aliphatic heterocycles. The van der Waals surface area contributed by atoms with Crippen LogP contribution in [0.3, 0.4) is 0 Å². The SMILES string of the molecule is COc1ccc(C(=O)NC(C)c2nc3ccccc3n2CCCCOc2ccc(C(C)C)cc2)cc1OC. The first kappa shape index (κ1) is 27.0. The summed E-state index contributed by atoms with van der Waals surface area (Å²) in [4.78, 5) is 17.9. The standard InChI is InChI=1S/C31H37N3O4/c1-21(2)23-12-15-25(16-13-23)38-19-9-8-18-34-27-11-7-6-10-26(27)33-30(34)22(3)32-31(35)24-14-17-28(36-4)29(20-24)37-5/h6-7,10-17,20-22H,8-9,18-19H2,1-5H3,(H,32,35). The molecular weight excluding hydrogens is 478 g/mol. The zero-order valence-corrected chi connectivity index (χ0v) is 22.9. The van der Waals surface area contributed by atoms with Gasteiger partial charge < -0.3 is 24.1 Å². The Bertz CT molecular complexity index is 1360. The van der Waals surface area contributed by atoms with Crippen LogP contribution in [-0.2, 0) is 6.54 Å². The summed E-state index contributed by atoms with van der Waals surface area (Å²) in [6.07, 6.45) is 1.83. The fraction of sp³-hybridized carbons (Fsp3) is 0.355. The number of imidazole rings is 1. The number of ether oxygens (including phenoxy) is 3. The van der Waals surface area contributed by atoms with Crippen molar-refractivity contribution in [1.82, 2.24) is 14.9 Å². The van der Waals surface area contributed by atoms with Crippen molar-refractivity contribution in [3.05, 3.63) is 83.7 Å². The van der Waals surface area contributed by atoms with Gasteiger partial charge in [-0.3, -0.25) is 4.79 Å². The van der Waals surface area contributed by atoms with Gasteiger partial charge in [-0.1, -0.05) is 38.1 Å². The third-order valence-electron chi connectivity index (χ3n) is 6.66. The van der Waals surface area contributed by atoms with Crippen LogP contribution in [0, 0.1) is 0 Å². The first-order chi connectivity index (χ1) is 18.4. The van der Waals surface area contributed by atoms with Gasteiger partial charge in [0.15, 0.2) is 11.5 Å². The monoisotopic (exact) mass is 515 g/mol. The number of aryl methyl sites for hydroxylation is 1. The zero-order valence-electron chi connectivity index (χ0n) is 22.9. The molecule has 0 spiro atoms. The van der Waals surface area contributed by atoms with Gasteiger partial charge in [-0.2, -0.15) is 0 Å². The molecule has 200 valence electrons. The molecule has 4 rings (SSSR count). The van der Waals surface area contributed by atoms with Crippen molar-refractivity contribution >= 4 is 16.9 Å². The van der Waals surface area contributed by atoms with Crippen LogP contribution < -0.4 is 19.5 Å². The van der Waals surface area contributed by atoms with Crippen molar-refractivity contribution < 1.29 is 19.0 Å². The van der Waals surface area contributed by atoms with Gasteiger partial charge in [0.25, 0.3) is 5.91 Å². The van der Waals surface area contributed by atoms with Crippen LogP contribution in [0.25, 0.3) is 11.0 Å². The molecule has 7 nitrogen and oxygen atoms in total. The molecule has 1 amide bonds. The molecule has 1 N–H and O–H groups in total. The molecule has 0 aliphatic carbocycles. The highest BCUT2D eigenvalue weighted by Gasteiger charge is 2.20. The van der Waals surface area contributed by atoms with E-state index in [1.54, 1.807) is 32.4 Å². The molecule has 0 saturated heterocycles. The van der Waals surface area contributed by atoms with E-state index in [1.165, 1.54) is 5.56 Å². The van der Waals surface area contributed by atoms with E-state index in [-0.39, 0.29) is 11.9 Å². The first-order valence-electron chi connectivity index (χ1n) is 13.1. The van der Waals surface area contributed by atoms with Crippen LogP contribution in [-0.4, -0.2) is 36.3 Å². The van der Waals surface area contributed by atoms with E-state index < -0.39 is 0 Å². The quantitative estimate of drug-likeness (QED) is 0.217. The average molecular weight is 516 g/mol. The Morgan fingerprint density at radius 2 is 1.66 bits per heavy atom. The number of methoxy groups -OCH3 is 2. The summed E-state index contributed by atoms with van der Waals surface area (Å²) in [7, 11) is 3.12. The minimum atomic E-state index is -0.293. The number of aromatic nitrogens is 2. The lowest BCUT2D eigenvalue weighted by Gasteiger charge is -2.17. The van der Waals surface area contributed by atoms with Gasteiger partial charge in [-0.05, 0) is 73.7 Å². The first-order valence-corrected chi connectivity index (χ1v) is 13.1. The second kappa shape index (κ2) is 12.5. The molecule has 0 aliphatic rings. The number of carbonyl (C=O) groups is 1. The van der Waals surface area contributed by atoms with Crippen molar-refractivity contribution in [3.63, 3.8) is 0 Å². The molecule has 38 heavy (non-hydrogen) atoms. The average Bonchev–Trinajstić information content (AvgIpc) is 3.31. The third-order valence-corrected chi connectivity index (χ3v) is 6.66. The molecule has 0 radical (unpaired) electrons. The number of rotatable bonds is 12. The number of fused-ring (bicyclic) bond motifs is 1. The Balaban J connectivity index is 1.41. The van der Waals surface area contributed by atoms with Gasteiger partial charge in [-0.25, -0.2) is 4.98 Å². The summed E-state index contributed by atoms with van der Waals surface area (Å²) in [6.45, 7) is 7.76. The van der Waals surface area contributed by atoms with Crippen molar-refractivity contribution in [2.45, 2.75) is 52.1 Å². The maximum atomic E-state index is 13.1. The molecule has 1 unspecified atom stereocenters. The Morgan fingerprint density at radius 3 is 2.37 bits per heavy atom. The van der Waals surface area contributed by atoms with Gasteiger partial charge >= 0.3 is 0 Å². The number of nitrogens with one attached hydrogen (secondary N) is 1. The number of para-hydroxylation sites is 2. The normalized spacial score (nSPS) is 11.9. The lowest BCUT2D eigenvalue weighted by atomic mass is 10.0. The summed E-state index contributed by atoms with van der Waals surface area (Å²) >= 11 is 0. The van der Waals surface area contributed by atoms with E-state index in [4.69, 9.17) is 19.2 Å². The fourth-order valence-electron chi connectivity index (χ4n) is 4.49. The summed E-state index contributed by atoms with van der Waals surface area (Å²) < 4.78 is 18.8. The highest BCUT2D eigenvalue weighted by Crippen LogP contribution is 2.28. The largest absolute Gasteiger partial charge is 0.494 e. The Morgan fingerprint density at radius 1 is 0.921 bits per heavy atom. The lowest BCUT2D eigenvalue weighted by molar-refractivity contribution is 0.0937. The Kier molecular flexibility index (Phi) is 8.89. The van der Waals surface area contributed by atoms with Gasteiger partial charge in [0.2, 0.25) is 0 Å². The summed E-state index contributed by atoms with van der Waals surface area (Å²) in [5.41, 5.74) is 3.77. The lowest BCUT2D eigenvalue weighted by Crippen LogP contribution is -2.28. The van der Waals surface area contributed by atoms with E-state index in [9.17, 15) is 4.79 Å². The molecular formula is C31H37N3O4. The number of carbonyl (C=O) groups excluding carboxylic acids is 1. The predicted molar refractivity (Wildman–Crippen MR) is 150 cm³/mol. The number of benzene rings is 3. The van der Waals surface area contributed by atoms with Crippen LogP contribution in [0.1, 0.15) is 67.3 Å². The van der Waals surface area contributed by atoms with E-state index >= 15 is 0 Å². The minimum absolute atomic E-state index is 0.200. The summed E-state index contributed by atoms with van der Waals surface area (Å²) in [6, 6.07) is 21.2. The second-order valence-electron chi connectivity index (χ2n) is 9.65. The molecule has 4 aromatic rings. The van der Waals surface area contributed by atoms with Crippen LogP contribution in [0.4, 0.5) is 0 Å².